The van der Waals surface area contributed by atoms with Crippen LogP contribution in [0.1, 0.15) is 26.7 Å². The molecule has 0 atom stereocenters. The van der Waals surface area contributed by atoms with Crippen molar-refractivity contribution in [1.82, 2.24) is 15.0 Å². The van der Waals surface area contributed by atoms with Crippen molar-refractivity contribution in [2.24, 2.45) is 0 Å². The van der Waals surface area contributed by atoms with Gasteiger partial charge in [-0.3, -0.25) is 0 Å². The van der Waals surface area contributed by atoms with Crippen molar-refractivity contribution < 1.29 is 0 Å². The van der Waals surface area contributed by atoms with Gasteiger partial charge in [-0.15, -0.1) is 0 Å². The third-order valence-electron chi connectivity index (χ3n) is 4.23. The minimum atomic E-state index is 0.468. The first-order valence-corrected chi connectivity index (χ1v) is 9.83. The predicted octanol–water partition coefficient (Wildman–Crippen LogP) is 4.15. The Kier molecular flexibility index (Phi) is 6.67. The number of nitrogens with zero attached hydrogens (tertiary/aromatic N) is 4. The van der Waals surface area contributed by atoms with Crippen LogP contribution in [0, 0.1) is 0 Å². The minimum Gasteiger partial charge on any atom is -0.399 e. The molecule has 0 radical (unpaired) electrons. The molecule has 0 aliphatic heterocycles. The van der Waals surface area contributed by atoms with Gasteiger partial charge in [0.2, 0.25) is 17.8 Å². The number of rotatable bonds is 9. The molecule has 0 spiro atoms. The summed E-state index contributed by atoms with van der Waals surface area (Å²) >= 11 is 0. The van der Waals surface area contributed by atoms with Gasteiger partial charge in [-0.05, 0) is 61.4 Å². The molecule has 2 aromatic carbocycles. The second kappa shape index (κ2) is 9.59. The van der Waals surface area contributed by atoms with Crippen molar-refractivity contribution in [2.75, 3.05) is 40.1 Å². The molecule has 6 N–H and O–H groups in total. The van der Waals surface area contributed by atoms with E-state index in [1.807, 2.05) is 48.5 Å². The molecule has 8 nitrogen and oxygen atoms in total. The van der Waals surface area contributed by atoms with Crippen LogP contribution in [0.5, 0.6) is 0 Å². The molecule has 1 heterocycles. The van der Waals surface area contributed by atoms with Gasteiger partial charge >= 0.3 is 0 Å². The summed E-state index contributed by atoms with van der Waals surface area (Å²) < 4.78 is 0. The highest BCUT2D eigenvalue weighted by Crippen LogP contribution is 2.22. The van der Waals surface area contributed by atoms with Crippen LogP contribution in [0.2, 0.25) is 0 Å². The van der Waals surface area contributed by atoms with Crippen LogP contribution in [0.25, 0.3) is 0 Å². The molecule has 0 fully saturated rings. The van der Waals surface area contributed by atoms with Gasteiger partial charge in [0.25, 0.3) is 0 Å². The zero-order valence-electron chi connectivity index (χ0n) is 16.9. The first-order valence-electron chi connectivity index (χ1n) is 9.83. The van der Waals surface area contributed by atoms with Crippen LogP contribution in [-0.2, 0) is 0 Å². The largest absolute Gasteiger partial charge is 0.399 e. The highest BCUT2D eigenvalue weighted by atomic mass is 15.3. The Hall–Kier alpha value is -3.55. The van der Waals surface area contributed by atoms with Crippen LogP contribution in [-0.4, -0.2) is 28.0 Å². The molecule has 0 aliphatic carbocycles. The van der Waals surface area contributed by atoms with E-state index < -0.39 is 0 Å². The lowest BCUT2D eigenvalue weighted by Crippen LogP contribution is -2.27. The standard InChI is InChI=1S/C21H28N8/c1-3-13-29(14-4-2)21-27-19(24-17-9-5-15(22)6-10-17)26-20(28-21)25-18-11-7-16(23)8-12-18/h5-12H,3-4,13-14,22-23H2,1-2H3,(H2,24,25,26,27,28). The minimum absolute atomic E-state index is 0.468. The van der Waals surface area contributed by atoms with E-state index >= 15 is 0 Å². The number of hydrogen-bond acceptors (Lipinski definition) is 8. The van der Waals surface area contributed by atoms with Gasteiger partial charge in [0.1, 0.15) is 0 Å². The molecule has 0 unspecified atom stereocenters. The van der Waals surface area contributed by atoms with E-state index in [1.54, 1.807) is 0 Å². The first-order chi connectivity index (χ1) is 14.1. The maximum absolute atomic E-state index is 5.78. The number of benzene rings is 2. The Labute approximate surface area is 171 Å². The summed E-state index contributed by atoms with van der Waals surface area (Å²) in [5.41, 5.74) is 14.7. The van der Waals surface area contributed by atoms with Gasteiger partial charge in [0.15, 0.2) is 0 Å². The maximum Gasteiger partial charge on any atom is 0.233 e. The van der Waals surface area contributed by atoms with E-state index in [1.165, 1.54) is 0 Å². The van der Waals surface area contributed by atoms with Gasteiger partial charge in [-0.1, -0.05) is 13.8 Å². The maximum atomic E-state index is 5.78. The molecule has 0 saturated carbocycles. The number of aromatic nitrogens is 3. The van der Waals surface area contributed by atoms with E-state index in [-0.39, 0.29) is 0 Å². The number of nitrogen functional groups attached to an aromatic ring is 2. The average molecular weight is 393 g/mol. The smallest absolute Gasteiger partial charge is 0.233 e. The van der Waals surface area contributed by atoms with Crippen LogP contribution in [0.3, 0.4) is 0 Å². The third kappa shape index (κ3) is 5.71. The van der Waals surface area contributed by atoms with Crippen LogP contribution in [0.4, 0.5) is 40.6 Å². The summed E-state index contributed by atoms with van der Waals surface area (Å²) in [6.07, 6.45) is 2.01. The fourth-order valence-corrected chi connectivity index (χ4v) is 2.86. The van der Waals surface area contributed by atoms with E-state index in [4.69, 9.17) is 11.5 Å². The van der Waals surface area contributed by atoms with Gasteiger partial charge < -0.3 is 27.0 Å². The lowest BCUT2D eigenvalue weighted by molar-refractivity contribution is 0.719. The van der Waals surface area contributed by atoms with Crippen molar-refractivity contribution in [1.29, 1.82) is 0 Å². The summed E-state index contributed by atoms with van der Waals surface area (Å²) in [5.74, 6) is 1.57. The van der Waals surface area contributed by atoms with Gasteiger partial charge in [0.05, 0.1) is 0 Å². The Morgan fingerprint density at radius 1 is 0.690 bits per heavy atom. The quantitative estimate of drug-likeness (QED) is 0.401. The highest BCUT2D eigenvalue weighted by molar-refractivity contribution is 5.62. The normalized spacial score (nSPS) is 10.6. The number of nitrogens with two attached hydrogens (primary N) is 2. The summed E-state index contributed by atoms with van der Waals surface area (Å²) in [6, 6.07) is 14.9. The van der Waals surface area contributed by atoms with Gasteiger partial charge in [0, 0.05) is 35.8 Å². The van der Waals surface area contributed by atoms with Crippen LogP contribution >= 0.6 is 0 Å². The number of anilines is 7. The van der Waals surface area contributed by atoms with Crippen molar-refractivity contribution in [2.45, 2.75) is 26.7 Å². The molecule has 0 amide bonds. The summed E-state index contributed by atoms with van der Waals surface area (Å²) in [4.78, 5) is 16.0. The highest BCUT2D eigenvalue weighted by Gasteiger charge is 2.13. The fraction of sp³-hybridized carbons (Fsp3) is 0.286. The lowest BCUT2D eigenvalue weighted by atomic mass is 10.3. The van der Waals surface area contributed by atoms with E-state index in [0.717, 1.165) is 37.3 Å². The molecular weight excluding hydrogens is 364 g/mol. The Balaban J connectivity index is 1.93. The second-order valence-electron chi connectivity index (χ2n) is 6.76. The molecule has 29 heavy (non-hydrogen) atoms. The number of hydrogen-bond donors (Lipinski definition) is 4. The number of nitrogens with one attached hydrogen (secondary N) is 2. The fourth-order valence-electron chi connectivity index (χ4n) is 2.86. The molecule has 152 valence electrons. The average Bonchev–Trinajstić information content (AvgIpc) is 2.71. The second-order valence-corrected chi connectivity index (χ2v) is 6.76. The van der Waals surface area contributed by atoms with Crippen molar-refractivity contribution in [3.05, 3.63) is 48.5 Å². The Bertz CT molecular complexity index is 837. The zero-order chi connectivity index (χ0) is 20.6. The van der Waals surface area contributed by atoms with Crippen molar-refractivity contribution in [3.8, 4) is 0 Å². The molecule has 0 aliphatic rings. The van der Waals surface area contributed by atoms with Gasteiger partial charge in [-0.2, -0.15) is 15.0 Å². The lowest BCUT2D eigenvalue weighted by Gasteiger charge is -2.22. The third-order valence-corrected chi connectivity index (χ3v) is 4.23. The molecule has 0 bridgehead atoms. The van der Waals surface area contributed by atoms with E-state index in [2.05, 4.69) is 44.3 Å². The Morgan fingerprint density at radius 3 is 1.48 bits per heavy atom. The van der Waals surface area contributed by atoms with Crippen molar-refractivity contribution >= 4 is 40.6 Å². The first kappa shape index (κ1) is 20.2. The molecule has 0 saturated heterocycles. The topological polar surface area (TPSA) is 118 Å². The molecular formula is C21H28N8. The summed E-state index contributed by atoms with van der Waals surface area (Å²) in [6.45, 7) is 6.04. The molecule has 3 aromatic rings. The zero-order valence-corrected chi connectivity index (χ0v) is 16.9. The van der Waals surface area contributed by atoms with Crippen LogP contribution in [0.15, 0.2) is 48.5 Å². The molecule has 8 heteroatoms. The predicted molar refractivity (Wildman–Crippen MR) is 121 cm³/mol. The van der Waals surface area contributed by atoms with E-state index in [9.17, 15) is 0 Å². The summed E-state index contributed by atoms with van der Waals surface area (Å²) in [5, 5.41) is 6.48. The molecule has 1 aromatic heterocycles. The van der Waals surface area contributed by atoms with Crippen molar-refractivity contribution in [3.63, 3.8) is 0 Å². The monoisotopic (exact) mass is 392 g/mol. The van der Waals surface area contributed by atoms with E-state index in [0.29, 0.717) is 29.2 Å². The van der Waals surface area contributed by atoms with Crippen LogP contribution < -0.4 is 27.0 Å². The molecule has 3 rings (SSSR count). The van der Waals surface area contributed by atoms with Gasteiger partial charge in [-0.25, -0.2) is 0 Å². The summed E-state index contributed by atoms with van der Waals surface area (Å²) in [7, 11) is 0. The SMILES string of the molecule is CCCN(CCC)c1nc(Nc2ccc(N)cc2)nc(Nc2ccc(N)cc2)n1. The Morgan fingerprint density at radius 2 is 1.10 bits per heavy atom.